The Morgan fingerprint density at radius 2 is 0.836 bits per heavy atom. The molecular formula is C52H43N3. The standard InChI is InChI=1S/C52H43N3/c1-50(2)43-31-40(32-25-27-35(28-26-32)49-54-47(33-17-9-7-10-18-33)53-48(55-49)34-19-11-8-12-20-34)36-21-13-14-22-37(36)44(43)39-29-30-42-45(46(39)50)38-23-15-16-24-41(38)51(3,4)52(42,5)6/h7-31H,1-6H3. The molecule has 2 aliphatic carbocycles. The van der Waals surface area contributed by atoms with Crippen molar-refractivity contribution in [1.29, 1.82) is 0 Å². The molecule has 0 bridgehead atoms. The molecule has 266 valence electrons. The molecule has 1 aromatic heterocycles. The van der Waals surface area contributed by atoms with E-state index in [1.165, 1.54) is 66.4 Å². The van der Waals surface area contributed by atoms with Crippen molar-refractivity contribution in [3.63, 3.8) is 0 Å². The van der Waals surface area contributed by atoms with Crippen molar-refractivity contribution in [2.75, 3.05) is 0 Å². The Kier molecular flexibility index (Phi) is 7.23. The lowest BCUT2D eigenvalue weighted by Crippen LogP contribution is -2.44. The predicted octanol–water partition coefficient (Wildman–Crippen LogP) is 13.2. The first-order valence-electron chi connectivity index (χ1n) is 19.4. The summed E-state index contributed by atoms with van der Waals surface area (Å²) in [7, 11) is 0. The lowest BCUT2D eigenvalue weighted by Gasteiger charge is -2.49. The Labute approximate surface area is 323 Å². The van der Waals surface area contributed by atoms with Gasteiger partial charge in [-0.1, -0.05) is 187 Å². The zero-order valence-electron chi connectivity index (χ0n) is 32.3. The number of rotatable bonds is 4. The fourth-order valence-electron chi connectivity index (χ4n) is 9.45. The van der Waals surface area contributed by atoms with Crippen LogP contribution in [0.2, 0.25) is 0 Å². The molecule has 0 fully saturated rings. The number of hydrogen-bond acceptors (Lipinski definition) is 3. The molecule has 2 aliphatic rings. The Morgan fingerprint density at radius 1 is 0.345 bits per heavy atom. The highest BCUT2D eigenvalue weighted by molar-refractivity contribution is 6.10. The van der Waals surface area contributed by atoms with Gasteiger partial charge in [0.2, 0.25) is 0 Å². The van der Waals surface area contributed by atoms with Crippen LogP contribution in [-0.2, 0) is 16.2 Å². The average molecular weight is 710 g/mol. The van der Waals surface area contributed by atoms with Gasteiger partial charge in [-0.15, -0.1) is 0 Å². The Hall–Kier alpha value is -6.19. The first-order chi connectivity index (χ1) is 26.6. The molecule has 10 rings (SSSR count). The van der Waals surface area contributed by atoms with Crippen LogP contribution >= 0.6 is 0 Å². The van der Waals surface area contributed by atoms with Gasteiger partial charge in [0, 0.05) is 22.1 Å². The van der Waals surface area contributed by atoms with Crippen LogP contribution in [0.25, 0.3) is 78.3 Å². The van der Waals surface area contributed by atoms with E-state index in [2.05, 4.69) is 133 Å². The summed E-state index contributed by atoms with van der Waals surface area (Å²) in [5, 5.41) is 2.56. The third-order valence-corrected chi connectivity index (χ3v) is 13.1. The number of fused-ring (bicyclic) bond motifs is 9. The lowest BCUT2D eigenvalue weighted by atomic mass is 9.54. The van der Waals surface area contributed by atoms with Crippen molar-refractivity contribution in [2.24, 2.45) is 0 Å². The van der Waals surface area contributed by atoms with Crippen LogP contribution in [0.3, 0.4) is 0 Å². The average Bonchev–Trinajstić information content (AvgIpc) is 3.46. The van der Waals surface area contributed by atoms with E-state index in [1.807, 2.05) is 60.7 Å². The summed E-state index contributed by atoms with van der Waals surface area (Å²) in [4.78, 5) is 14.9. The van der Waals surface area contributed by atoms with Gasteiger partial charge in [-0.3, -0.25) is 0 Å². The van der Waals surface area contributed by atoms with Crippen molar-refractivity contribution < 1.29 is 0 Å². The molecule has 0 unspecified atom stereocenters. The van der Waals surface area contributed by atoms with Crippen molar-refractivity contribution in [1.82, 2.24) is 15.0 Å². The minimum absolute atomic E-state index is 0.0139. The first kappa shape index (κ1) is 33.4. The summed E-state index contributed by atoms with van der Waals surface area (Å²) in [6, 6.07) is 54.5. The maximum atomic E-state index is 4.99. The molecule has 8 aromatic rings. The highest BCUT2D eigenvalue weighted by Crippen LogP contribution is 2.61. The Balaban J connectivity index is 1.13. The van der Waals surface area contributed by atoms with Gasteiger partial charge in [-0.2, -0.15) is 0 Å². The van der Waals surface area contributed by atoms with Crippen LogP contribution in [-0.4, -0.2) is 15.0 Å². The second-order valence-corrected chi connectivity index (χ2v) is 16.8. The van der Waals surface area contributed by atoms with Gasteiger partial charge in [-0.25, -0.2) is 15.0 Å². The van der Waals surface area contributed by atoms with Gasteiger partial charge in [0.05, 0.1) is 0 Å². The SMILES string of the molecule is CC1(C)c2cc(-c3ccc(-c4nc(-c5ccccc5)nc(-c5ccccc5)n4)cc3)c3ccccc3c2-c2ccc3c(c21)-c1ccccc1C(C)(C)C3(C)C. The molecule has 0 radical (unpaired) electrons. The summed E-state index contributed by atoms with van der Waals surface area (Å²) in [6.07, 6.45) is 0. The van der Waals surface area contributed by atoms with E-state index in [1.54, 1.807) is 0 Å². The summed E-state index contributed by atoms with van der Waals surface area (Å²) in [6.45, 7) is 14.6. The number of nitrogens with zero attached hydrogens (tertiary/aromatic N) is 3. The molecule has 7 aromatic carbocycles. The zero-order valence-corrected chi connectivity index (χ0v) is 32.3. The third kappa shape index (κ3) is 4.85. The Morgan fingerprint density at radius 3 is 1.45 bits per heavy atom. The smallest absolute Gasteiger partial charge is 0.164 e. The number of hydrogen-bond donors (Lipinski definition) is 0. The maximum absolute atomic E-state index is 4.99. The molecule has 0 atom stereocenters. The Bertz CT molecular complexity index is 2750. The van der Waals surface area contributed by atoms with E-state index >= 15 is 0 Å². The minimum Gasteiger partial charge on any atom is -0.208 e. The topological polar surface area (TPSA) is 38.7 Å². The monoisotopic (exact) mass is 709 g/mol. The van der Waals surface area contributed by atoms with Gasteiger partial charge >= 0.3 is 0 Å². The summed E-state index contributed by atoms with van der Waals surface area (Å²) in [5.74, 6) is 1.99. The van der Waals surface area contributed by atoms with Gasteiger partial charge in [0.25, 0.3) is 0 Å². The van der Waals surface area contributed by atoms with Crippen LogP contribution in [0, 0.1) is 0 Å². The molecule has 3 heteroatoms. The first-order valence-corrected chi connectivity index (χ1v) is 19.4. The molecule has 0 aliphatic heterocycles. The molecule has 0 saturated heterocycles. The van der Waals surface area contributed by atoms with Crippen molar-refractivity contribution in [3.8, 4) is 67.5 Å². The van der Waals surface area contributed by atoms with Gasteiger partial charge in [0.1, 0.15) is 0 Å². The second kappa shape index (κ2) is 11.9. The number of aromatic nitrogens is 3. The quantitative estimate of drug-likeness (QED) is 0.183. The molecule has 0 saturated carbocycles. The van der Waals surface area contributed by atoms with E-state index in [-0.39, 0.29) is 16.2 Å². The van der Waals surface area contributed by atoms with E-state index < -0.39 is 0 Å². The molecule has 0 N–H and O–H groups in total. The van der Waals surface area contributed by atoms with Crippen LogP contribution in [0.15, 0.2) is 152 Å². The minimum atomic E-state index is -0.216. The molecule has 55 heavy (non-hydrogen) atoms. The van der Waals surface area contributed by atoms with E-state index in [0.29, 0.717) is 17.5 Å². The zero-order chi connectivity index (χ0) is 37.7. The molecule has 1 heterocycles. The lowest BCUT2D eigenvalue weighted by molar-refractivity contribution is 0.298. The van der Waals surface area contributed by atoms with Crippen LogP contribution in [0.4, 0.5) is 0 Å². The summed E-state index contributed by atoms with van der Waals surface area (Å²) in [5.41, 5.74) is 16.3. The largest absolute Gasteiger partial charge is 0.208 e. The highest BCUT2D eigenvalue weighted by atomic mass is 15.0. The fraction of sp³-hybridized carbons (Fsp3) is 0.173. The molecule has 0 spiro atoms. The van der Waals surface area contributed by atoms with Crippen LogP contribution in [0.1, 0.15) is 63.8 Å². The van der Waals surface area contributed by atoms with Gasteiger partial charge in [0.15, 0.2) is 17.5 Å². The molecule has 3 nitrogen and oxygen atoms in total. The summed E-state index contributed by atoms with van der Waals surface area (Å²) < 4.78 is 0. The van der Waals surface area contributed by atoms with Gasteiger partial charge in [-0.05, 0) is 83.3 Å². The third-order valence-electron chi connectivity index (χ3n) is 13.1. The summed E-state index contributed by atoms with van der Waals surface area (Å²) >= 11 is 0. The van der Waals surface area contributed by atoms with Crippen LogP contribution in [0.5, 0.6) is 0 Å². The van der Waals surface area contributed by atoms with Crippen LogP contribution < -0.4 is 0 Å². The van der Waals surface area contributed by atoms with Gasteiger partial charge < -0.3 is 0 Å². The van der Waals surface area contributed by atoms with Crippen molar-refractivity contribution >= 4 is 10.8 Å². The fourth-order valence-corrected chi connectivity index (χ4v) is 9.45. The van der Waals surface area contributed by atoms with E-state index in [9.17, 15) is 0 Å². The van der Waals surface area contributed by atoms with Crippen molar-refractivity contribution in [3.05, 3.63) is 174 Å². The van der Waals surface area contributed by atoms with Crippen molar-refractivity contribution in [2.45, 2.75) is 57.8 Å². The second-order valence-electron chi connectivity index (χ2n) is 16.8. The highest BCUT2D eigenvalue weighted by Gasteiger charge is 2.49. The van der Waals surface area contributed by atoms with E-state index in [0.717, 1.165) is 16.7 Å². The van der Waals surface area contributed by atoms with E-state index in [4.69, 9.17) is 15.0 Å². The maximum Gasteiger partial charge on any atom is 0.164 e. The molecular weight excluding hydrogens is 667 g/mol. The molecule has 0 amide bonds. The normalized spacial score (nSPS) is 15.5. The number of benzene rings is 7. The predicted molar refractivity (Wildman–Crippen MR) is 228 cm³/mol.